The van der Waals surface area contributed by atoms with E-state index in [1.54, 1.807) is 34.6 Å². The number of morpholine rings is 1. The summed E-state index contributed by atoms with van der Waals surface area (Å²) in [7, 11) is 0. The van der Waals surface area contributed by atoms with Gasteiger partial charge in [0.15, 0.2) is 0 Å². The van der Waals surface area contributed by atoms with E-state index < -0.39 is 5.69 Å². The fourth-order valence-corrected chi connectivity index (χ4v) is 3.67. The number of ether oxygens (including phenoxy) is 2. The number of carbonyl (C=O) groups is 1. The maximum absolute atomic E-state index is 13.7. The summed E-state index contributed by atoms with van der Waals surface area (Å²) < 4.78 is 26.3. The van der Waals surface area contributed by atoms with Crippen LogP contribution in [0.25, 0.3) is 0 Å². The zero-order chi connectivity index (χ0) is 21.1. The standard InChI is InChI=1S/C21H25FN4O4/c1-15-3-4-16(11-17(15)22)14-30-18-12-19-25(5-2-6-26(19)21(28)23-18)13-20(27)24-7-9-29-10-8-24/h3-4,11-12H,2,5-10,13-14H2,1H3. The SMILES string of the molecule is Cc1ccc(COc2cc3n(c(=O)n2)CCCN3CC(=O)N2CCOCC2)cc1F. The molecule has 0 aliphatic carbocycles. The van der Waals surface area contributed by atoms with Crippen molar-refractivity contribution in [1.29, 1.82) is 0 Å². The Labute approximate surface area is 173 Å². The number of aryl methyl sites for hydroxylation is 1. The molecule has 1 aromatic carbocycles. The molecular formula is C21H25FN4O4. The molecule has 1 amide bonds. The zero-order valence-electron chi connectivity index (χ0n) is 17.0. The second kappa shape index (κ2) is 8.83. The third kappa shape index (κ3) is 4.46. The molecule has 30 heavy (non-hydrogen) atoms. The van der Waals surface area contributed by atoms with Crippen LogP contribution in [0.2, 0.25) is 0 Å². The van der Waals surface area contributed by atoms with Gasteiger partial charge in [0, 0.05) is 32.2 Å². The Morgan fingerprint density at radius 3 is 2.77 bits per heavy atom. The number of hydrogen-bond donors (Lipinski definition) is 0. The first-order chi connectivity index (χ1) is 14.5. The van der Waals surface area contributed by atoms with Crippen LogP contribution in [0, 0.1) is 12.7 Å². The largest absolute Gasteiger partial charge is 0.473 e. The number of halogens is 1. The first kappa shape index (κ1) is 20.3. The topological polar surface area (TPSA) is 76.9 Å². The maximum atomic E-state index is 13.7. The molecule has 0 saturated carbocycles. The number of benzene rings is 1. The number of fused-ring (bicyclic) bond motifs is 1. The van der Waals surface area contributed by atoms with Crippen LogP contribution >= 0.6 is 0 Å². The zero-order valence-corrected chi connectivity index (χ0v) is 17.0. The third-order valence-electron chi connectivity index (χ3n) is 5.41. The highest BCUT2D eigenvalue weighted by molar-refractivity contribution is 5.81. The van der Waals surface area contributed by atoms with Gasteiger partial charge in [-0.25, -0.2) is 9.18 Å². The van der Waals surface area contributed by atoms with Gasteiger partial charge < -0.3 is 19.3 Å². The lowest BCUT2D eigenvalue weighted by Crippen LogP contribution is -2.48. The van der Waals surface area contributed by atoms with Gasteiger partial charge in [0.25, 0.3) is 0 Å². The molecule has 2 aromatic rings. The highest BCUT2D eigenvalue weighted by Gasteiger charge is 2.25. The highest BCUT2D eigenvalue weighted by atomic mass is 19.1. The summed E-state index contributed by atoms with van der Waals surface area (Å²) in [4.78, 5) is 32.8. The van der Waals surface area contributed by atoms with Gasteiger partial charge in [-0.3, -0.25) is 9.36 Å². The number of carbonyl (C=O) groups excluding carboxylic acids is 1. The molecule has 0 N–H and O–H groups in total. The van der Waals surface area contributed by atoms with E-state index in [1.165, 1.54) is 6.07 Å². The molecule has 1 aromatic heterocycles. The van der Waals surface area contributed by atoms with Crippen molar-refractivity contribution in [3.05, 3.63) is 51.7 Å². The lowest BCUT2D eigenvalue weighted by molar-refractivity contribution is -0.133. The van der Waals surface area contributed by atoms with E-state index in [9.17, 15) is 14.0 Å². The number of rotatable bonds is 5. The van der Waals surface area contributed by atoms with Crippen molar-refractivity contribution in [2.24, 2.45) is 0 Å². The average molecular weight is 416 g/mol. The normalized spacial score (nSPS) is 16.3. The lowest BCUT2D eigenvalue weighted by atomic mass is 10.1. The van der Waals surface area contributed by atoms with Crippen LogP contribution in [0.1, 0.15) is 17.5 Å². The van der Waals surface area contributed by atoms with Gasteiger partial charge in [-0.1, -0.05) is 12.1 Å². The highest BCUT2D eigenvalue weighted by Crippen LogP contribution is 2.23. The minimum absolute atomic E-state index is 0.00797. The van der Waals surface area contributed by atoms with Crippen molar-refractivity contribution in [3.63, 3.8) is 0 Å². The smallest absolute Gasteiger partial charge is 0.352 e. The second-order valence-corrected chi connectivity index (χ2v) is 7.53. The monoisotopic (exact) mass is 416 g/mol. The van der Waals surface area contributed by atoms with E-state index in [0.717, 1.165) is 6.42 Å². The van der Waals surface area contributed by atoms with Gasteiger partial charge in [-0.2, -0.15) is 4.98 Å². The molecule has 2 aliphatic rings. The van der Waals surface area contributed by atoms with Crippen molar-refractivity contribution >= 4 is 11.7 Å². The van der Waals surface area contributed by atoms with E-state index in [4.69, 9.17) is 9.47 Å². The third-order valence-corrected chi connectivity index (χ3v) is 5.41. The number of amides is 1. The summed E-state index contributed by atoms with van der Waals surface area (Å²) in [5, 5.41) is 0. The number of hydrogen-bond acceptors (Lipinski definition) is 6. The minimum atomic E-state index is -0.416. The van der Waals surface area contributed by atoms with E-state index >= 15 is 0 Å². The van der Waals surface area contributed by atoms with Crippen LogP contribution in [0.15, 0.2) is 29.1 Å². The van der Waals surface area contributed by atoms with Crippen molar-refractivity contribution < 1.29 is 18.7 Å². The number of nitrogens with zero attached hydrogens (tertiary/aromatic N) is 4. The fraction of sp³-hybridized carbons (Fsp3) is 0.476. The second-order valence-electron chi connectivity index (χ2n) is 7.53. The van der Waals surface area contributed by atoms with Crippen LogP contribution in [0.3, 0.4) is 0 Å². The molecule has 0 unspecified atom stereocenters. The van der Waals surface area contributed by atoms with Crippen LogP contribution in [0.5, 0.6) is 5.88 Å². The Balaban J connectivity index is 1.50. The molecular weight excluding hydrogens is 391 g/mol. The van der Waals surface area contributed by atoms with Crippen molar-refractivity contribution in [1.82, 2.24) is 14.5 Å². The fourth-order valence-electron chi connectivity index (χ4n) is 3.67. The Morgan fingerprint density at radius 1 is 1.20 bits per heavy atom. The molecule has 9 heteroatoms. The van der Waals surface area contributed by atoms with Gasteiger partial charge in [0.2, 0.25) is 11.8 Å². The Hall–Kier alpha value is -2.94. The molecule has 4 rings (SSSR count). The van der Waals surface area contributed by atoms with Gasteiger partial charge in [0.1, 0.15) is 18.2 Å². The van der Waals surface area contributed by atoms with Crippen molar-refractivity contribution in [2.75, 3.05) is 44.3 Å². The van der Waals surface area contributed by atoms with E-state index in [-0.39, 0.29) is 30.8 Å². The van der Waals surface area contributed by atoms with E-state index in [2.05, 4.69) is 4.98 Å². The lowest BCUT2D eigenvalue weighted by Gasteiger charge is -2.34. The first-order valence-corrected chi connectivity index (χ1v) is 10.1. The van der Waals surface area contributed by atoms with Gasteiger partial charge >= 0.3 is 5.69 Å². The summed E-state index contributed by atoms with van der Waals surface area (Å²) >= 11 is 0. The molecule has 1 saturated heterocycles. The summed E-state index contributed by atoms with van der Waals surface area (Å²) in [5.41, 5.74) is 0.794. The number of aromatic nitrogens is 2. The maximum Gasteiger partial charge on any atom is 0.352 e. The average Bonchev–Trinajstić information content (AvgIpc) is 2.76. The van der Waals surface area contributed by atoms with E-state index in [1.807, 2.05) is 4.90 Å². The minimum Gasteiger partial charge on any atom is -0.473 e. The molecule has 0 radical (unpaired) electrons. The van der Waals surface area contributed by atoms with Crippen LogP contribution < -0.4 is 15.3 Å². The molecule has 2 aliphatic heterocycles. The Morgan fingerprint density at radius 2 is 2.00 bits per heavy atom. The molecule has 3 heterocycles. The summed E-state index contributed by atoms with van der Waals surface area (Å²) in [6, 6.07) is 6.55. The van der Waals surface area contributed by atoms with Crippen LogP contribution in [-0.4, -0.2) is 59.8 Å². The predicted octanol–water partition coefficient (Wildman–Crippen LogP) is 1.34. The summed E-state index contributed by atoms with van der Waals surface area (Å²) in [6.07, 6.45) is 0.758. The van der Waals surface area contributed by atoms with E-state index in [0.29, 0.717) is 56.3 Å². The quantitative estimate of drug-likeness (QED) is 0.732. The van der Waals surface area contributed by atoms with Crippen molar-refractivity contribution in [3.8, 4) is 5.88 Å². The number of anilines is 1. The molecule has 1 fully saturated rings. The predicted molar refractivity (Wildman–Crippen MR) is 108 cm³/mol. The Bertz CT molecular complexity index is 987. The van der Waals surface area contributed by atoms with Gasteiger partial charge in [-0.15, -0.1) is 0 Å². The molecule has 160 valence electrons. The molecule has 0 atom stereocenters. The summed E-state index contributed by atoms with van der Waals surface area (Å²) in [6.45, 7) is 5.45. The van der Waals surface area contributed by atoms with Gasteiger partial charge in [0.05, 0.1) is 19.8 Å². The van der Waals surface area contributed by atoms with Crippen LogP contribution in [-0.2, 0) is 22.7 Å². The van der Waals surface area contributed by atoms with Crippen molar-refractivity contribution in [2.45, 2.75) is 26.5 Å². The van der Waals surface area contributed by atoms with Crippen LogP contribution in [0.4, 0.5) is 10.2 Å². The Kier molecular flexibility index (Phi) is 5.98. The van der Waals surface area contributed by atoms with Gasteiger partial charge in [-0.05, 0) is 30.5 Å². The molecule has 8 nitrogen and oxygen atoms in total. The molecule has 0 spiro atoms. The first-order valence-electron chi connectivity index (χ1n) is 10.1. The summed E-state index contributed by atoms with van der Waals surface area (Å²) in [5.74, 6) is 0.488. The molecule has 0 bridgehead atoms.